The maximum Gasteiger partial charge on any atom is 0.387 e. The molecule has 6 heteroatoms. The second kappa shape index (κ2) is 9.80. The van der Waals surface area contributed by atoms with Crippen LogP contribution in [0.15, 0.2) is 72.9 Å². The number of nitro groups is 1. The lowest BCUT2D eigenvalue weighted by atomic mass is 10.0. The van der Waals surface area contributed by atoms with Crippen molar-refractivity contribution in [2.75, 3.05) is 32.1 Å². The number of pyridine rings is 1. The number of rotatable bonds is 9. The highest BCUT2D eigenvalue weighted by Crippen LogP contribution is 2.34. The Bertz CT molecular complexity index is 944. The summed E-state index contributed by atoms with van der Waals surface area (Å²) < 4.78 is 0. The van der Waals surface area contributed by atoms with E-state index in [1.807, 2.05) is 55.4 Å². The molecule has 0 aliphatic heterocycles. The fourth-order valence-corrected chi connectivity index (χ4v) is 3.39. The SMILES string of the molecule is CN(C)CCCN(c1ccccc1Cc1ccccc1)c1cccnc1[N+](=O)[O-]. The van der Waals surface area contributed by atoms with Gasteiger partial charge in [0, 0.05) is 12.2 Å². The van der Waals surface area contributed by atoms with E-state index in [0.717, 1.165) is 30.6 Å². The van der Waals surface area contributed by atoms with Crippen molar-refractivity contribution in [3.63, 3.8) is 0 Å². The molecule has 0 amide bonds. The molecule has 150 valence electrons. The van der Waals surface area contributed by atoms with Gasteiger partial charge in [0.15, 0.2) is 0 Å². The van der Waals surface area contributed by atoms with Gasteiger partial charge in [0.05, 0.1) is 0 Å². The molecule has 0 fully saturated rings. The van der Waals surface area contributed by atoms with Crippen molar-refractivity contribution in [3.05, 3.63) is 94.2 Å². The number of aromatic nitrogens is 1. The molecule has 3 rings (SSSR count). The second-order valence-corrected chi connectivity index (χ2v) is 7.20. The summed E-state index contributed by atoms with van der Waals surface area (Å²) in [6, 6.07) is 21.9. The quantitative estimate of drug-likeness (QED) is 0.392. The molecule has 0 spiro atoms. The molecule has 0 saturated heterocycles. The molecule has 0 bridgehead atoms. The highest BCUT2D eigenvalue weighted by atomic mass is 16.6. The number of benzene rings is 2. The number of para-hydroxylation sites is 1. The first kappa shape index (κ1) is 20.5. The van der Waals surface area contributed by atoms with Gasteiger partial charge in [0.2, 0.25) is 0 Å². The summed E-state index contributed by atoms with van der Waals surface area (Å²) in [6.45, 7) is 1.56. The highest BCUT2D eigenvalue weighted by molar-refractivity contribution is 5.72. The molecule has 1 heterocycles. The molecule has 0 unspecified atom stereocenters. The fourth-order valence-electron chi connectivity index (χ4n) is 3.39. The maximum atomic E-state index is 11.6. The molecule has 3 aromatic rings. The summed E-state index contributed by atoms with van der Waals surface area (Å²) in [4.78, 5) is 19.4. The third-order valence-electron chi connectivity index (χ3n) is 4.74. The van der Waals surface area contributed by atoms with Crippen LogP contribution >= 0.6 is 0 Å². The topological polar surface area (TPSA) is 62.5 Å². The molecule has 0 radical (unpaired) electrons. The number of nitrogens with zero attached hydrogens (tertiary/aromatic N) is 4. The van der Waals surface area contributed by atoms with E-state index in [0.29, 0.717) is 12.2 Å². The molecular weight excluding hydrogens is 364 g/mol. The Morgan fingerprint density at radius 1 is 0.897 bits per heavy atom. The largest absolute Gasteiger partial charge is 0.387 e. The van der Waals surface area contributed by atoms with Gasteiger partial charge in [0.1, 0.15) is 11.9 Å². The third kappa shape index (κ3) is 5.39. The summed E-state index contributed by atoms with van der Waals surface area (Å²) in [5.74, 6) is -0.119. The van der Waals surface area contributed by atoms with Gasteiger partial charge in [-0.05, 0) is 72.7 Å². The van der Waals surface area contributed by atoms with Gasteiger partial charge in [-0.2, -0.15) is 0 Å². The van der Waals surface area contributed by atoms with Crippen LogP contribution in [0.2, 0.25) is 0 Å². The monoisotopic (exact) mass is 390 g/mol. The molecule has 0 atom stereocenters. The number of hydrogen-bond acceptors (Lipinski definition) is 5. The molecule has 2 aromatic carbocycles. The molecular formula is C23H26N4O2. The van der Waals surface area contributed by atoms with Crippen LogP contribution in [0.5, 0.6) is 0 Å². The predicted octanol–water partition coefficient (Wildman–Crippen LogP) is 4.67. The predicted molar refractivity (Wildman–Crippen MR) is 117 cm³/mol. The van der Waals surface area contributed by atoms with Crippen molar-refractivity contribution in [1.29, 1.82) is 0 Å². The van der Waals surface area contributed by atoms with Crippen LogP contribution in [0.3, 0.4) is 0 Å². The van der Waals surface area contributed by atoms with Gasteiger partial charge in [-0.3, -0.25) is 0 Å². The first-order valence-corrected chi connectivity index (χ1v) is 9.70. The zero-order chi connectivity index (χ0) is 20.6. The number of anilines is 2. The fraction of sp³-hybridized carbons (Fsp3) is 0.261. The van der Waals surface area contributed by atoms with Gasteiger partial charge in [-0.1, -0.05) is 48.5 Å². The molecule has 1 aromatic heterocycles. The second-order valence-electron chi connectivity index (χ2n) is 7.20. The molecule has 0 saturated carbocycles. The minimum atomic E-state index is -0.409. The van der Waals surface area contributed by atoms with E-state index in [1.165, 1.54) is 11.8 Å². The normalized spacial score (nSPS) is 10.9. The average Bonchev–Trinajstić information content (AvgIpc) is 2.72. The minimum Gasteiger partial charge on any atom is -0.358 e. The van der Waals surface area contributed by atoms with Gasteiger partial charge >= 0.3 is 5.82 Å². The molecule has 0 aliphatic carbocycles. The smallest absolute Gasteiger partial charge is 0.358 e. The van der Waals surface area contributed by atoms with Crippen molar-refractivity contribution in [2.45, 2.75) is 12.8 Å². The third-order valence-corrected chi connectivity index (χ3v) is 4.74. The molecule has 0 aliphatic rings. The van der Waals surface area contributed by atoms with E-state index >= 15 is 0 Å². The standard InChI is InChI=1S/C23H26N4O2/c1-25(2)16-9-17-26(22-14-8-15-24-23(22)27(28)29)21-13-7-6-12-20(21)18-19-10-4-3-5-11-19/h3-8,10-15H,9,16-18H2,1-2H3. The van der Waals surface area contributed by atoms with Crippen molar-refractivity contribution in [1.82, 2.24) is 9.88 Å². The highest BCUT2D eigenvalue weighted by Gasteiger charge is 2.23. The Morgan fingerprint density at radius 3 is 2.31 bits per heavy atom. The van der Waals surface area contributed by atoms with Gasteiger partial charge < -0.3 is 19.9 Å². The van der Waals surface area contributed by atoms with Crippen LogP contribution in [-0.4, -0.2) is 42.0 Å². The Morgan fingerprint density at radius 2 is 1.59 bits per heavy atom. The molecule has 6 nitrogen and oxygen atoms in total. The van der Waals surface area contributed by atoms with E-state index in [1.54, 1.807) is 12.1 Å². The van der Waals surface area contributed by atoms with E-state index < -0.39 is 4.92 Å². The van der Waals surface area contributed by atoms with Crippen LogP contribution in [0.4, 0.5) is 17.2 Å². The van der Waals surface area contributed by atoms with Gasteiger partial charge in [0.25, 0.3) is 0 Å². The van der Waals surface area contributed by atoms with Crippen LogP contribution in [0, 0.1) is 10.1 Å². The Labute approximate surface area is 171 Å². The van der Waals surface area contributed by atoms with Crippen molar-refractivity contribution < 1.29 is 4.92 Å². The summed E-state index contributed by atoms with van der Waals surface area (Å²) in [5.41, 5.74) is 3.83. The first-order valence-electron chi connectivity index (χ1n) is 9.70. The lowest BCUT2D eigenvalue weighted by Gasteiger charge is -2.27. The van der Waals surface area contributed by atoms with E-state index in [9.17, 15) is 10.1 Å². The van der Waals surface area contributed by atoms with E-state index in [4.69, 9.17) is 0 Å². The van der Waals surface area contributed by atoms with Gasteiger partial charge in [-0.25, -0.2) is 0 Å². The minimum absolute atomic E-state index is 0.119. The van der Waals surface area contributed by atoms with Crippen molar-refractivity contribution >= 4 is 17.2 Å². The summed E-state index contributed by atoms with van der Waals surface area (Å²) in [7, 11) is 4.06. The summed E-state index contributed by atoms with van der Waals surface area (Å²) >= 11 is 0. The Kier molecular flexibility index (Phi) is 6.92. The summed E-state index contributed by atoms with van der Waals surface area (Å²) in [6.07, 6.45) is 3.10. The zero-order valence-corrected chi connectivity index (χ0v) is 16.9. The van der Waals surface area contributed by atoms with Crippen molar-refractivity contribution in [3.8, 4) is 0 Å². The Hall–Kier alpha value is -3.25. The van der Waals surface area contributed by atoms with Crippen LogP contribution < -0.4 is 4.90 Å². The maximum absolute atomic E-state index is 11.6. The van der Waals surface area contributed by atoms with E-state index in [-0.39, 0.29) is 5.82 Å². The zero-order valence-electron chi connectivity index (χ0n) is 16.9. The van der Waals surface area contributed by atoms with Gasteiger partial charge in [-0.15, -0.1) is 0 Å². The Balaban J connectivity index is 2.02. The molecule has 0 N–H and O–H groups in total. The average molecular weight is 390 g/mol. The number of hydrogen-bond donors (Lipinski definition) is 0. The van der Waals surface area contributed by atoms with Crippen LogP contribution in [0.25, 0.3) is 0 Å². The summed E-state index contributed by atoms with van der Waals surface area (Å²) in [5, 5.41) is 11.6. The lowest BCUT2D eigenvalue weighted by molar-refractivity contribution is -0.388. The van der Waals surface area contributed by atoms with Crippen LogP contribution in [-0.2, 0) is 6.42 Å². The van der Waals surface area contributed by atoms with Crippen LogP contribution in [0.1, 0.15) is 17.5 Å². The lowest BCUT2D eigenvalue weighted by Crippen LogP contribution is -2.25. The van der Waals surface area contributed by atoms with E-state index in [2.05, 4.69) is 28.1 Å². The first-order chi connectivity index (χ1) is 14.1. The molecule has 29 heavy (non-hydrogen) atoms. The van der Waals surface area contributed by atoms with Crippen molar-refractivity contribution in [2.24, 2.45) is 0 Å².